The highest BCUT2D eigenvalue weighted by molar-refractivity contribution is 9.10. The molecule has 0 bridgehead atoms. The quantitative estimate of drug-likeness (QED) is 0.681. The molecule has 19 heavy (non-hydrogen) atoms. The Morgan fingerprint density at radius 2 is 2.16 bits per heavy atom. The summed E-state index contributed by atoms with van der Waals surface area (Å²) in [6.07, 6.45) is 0.256. The largest absolute Gasteiger partial charge is 0.465 e. The smallest absolute Gasteiger partial charge is 0.318 e. The second-order valence-electron chi connectivity index (χ2n) is 4.05. The number of carbonyl (C=O) groups is 2. The summed E-state index contributed by atoms with van der Waals surface area (Å²) in [5.41, 5.74) is 3.92. The van der Waals surface area contributed by atoms with Gasteiger partial charge < -0.3 is 4.74 Å². The predicted octanol–water partition coefficient (Wildman–Crippen LogP) is 1.85. The Hall–Kier alpha value is -1.69. The number of amides is 1. The second kappa shape index (κ2) is 5.97. The fourth-order valence-corrected chi connectivity index (χ4v) is 2.05. The number of ether oxygens (including phenoxy) is 1. The number of esters is 1. The SMILES string of the molecule is CCOC(=O)C1CC(c2ccc(Br)cc2)=NNC1=O. The lowest BCUT2D eigenvalue weighted by molar-refractivity contribution is -0.152. The highest BCUT2D eigenvalue weighted by atomic mass is 79.9. The molecule has 5 nitrogen and oxygen atoms in total. The molecule has 1 atom stereocenters. The van der Waals surface area contributed by atoms with Gasteiger partial charge >= 0.3 is 5.97 Å². The molecule has 0 radical (unpaired) electrons. The summed E-state index contributed by atoms with van der Waals surface area (Å²) in [7, 11) is 0. The van der Waals surface area contributed by atoms with Crippen molar-refractivity contribution in [2.45, 2.75) is 13.3 Å². The molecule has 1 aliphatic rings. The maximum absolute atomic E-state index is 11.7. The molecule has 1 heterocycles. The lowest BCUT2D eigenvalue weighted by atomic mass is 9.96. The summed E-state index contributed by atoms with van der Waals surface area (Å²) >= 11 is 3.35. The van der Waals surface area contributed by atoms with Crippen LogP contribution >= 0.6 is 15.9 Å². The Kier molecular flexibility index (Phi) is 4.31. The first kappa shape index (κ1) is 13.7. The van der Waals surface area contributed by atoms with E-state index in [0.29, 0.717) is 5.71 Å². The van der Waals surface area contributed by atoms with Crippen molar-refractivity contribution in [3.63, 3.8) is 0 Å². The monoisotopic (exact) mass is 324 g/mol. The van der Waals surface area contributed by atoms with Crippen LogP contribution in [0.3, 0.4) is 0 Å². The molecule has 1 amide bonds. The Morgan fingerprint density at radius 3 is 2.79 bits per heavy atom. The van der Waals surface area contributed by atoms with Crippen molar-refractivity contribution in [2.75, 3.05) is 6.61 Å². The van der Waals surface area contributed by atoms with Crippen LogP contribution in [0.15, 0.2) is 33.8 Å². The van der Waals surface area contributed by atoms with Crippen LogP contribution in [0.2, 0.25) is 0 Å². The highest BCUT2D eigenvalue weighted by Gasteiger charge is 2.33. The zero-order valence-electron chi connectivity index (χ0n) is 10.4. The van der Waals surface area contributed by atoms with E-state index in [1.54, 1.807) is 6.92 Å². The van der Waals surface area contributed by atoms with Crippen LogP contribution in [0.1, 0.15) is 18.9 Å². The Balaban J connectivity index is 2.18. The standard InChI is InChI=1S/C13H13BrN2O3/c1-2-19-13(18)10-7-11(15-16-12(10)17)8-3-5-9(14)6-4-8/h3-6,10H,2,7H2,1H3,(H,16,17). The lowest BCUT2D eigenvalue weighted by Crippen LogP contribution is -2.40. The van der Waals surface area contributed by atoms with Gasteiger partial charge in [0.15, 0.2) is 0 Å². The minimum Gasteiger partial charge on any atom is -0.465 e. The first-order valence-corrected chi connectivity index (χ1v) is 6.70. The molecule has 0 saturated heterocycles. The fraction of sp³-hybridized carbons (Fsp3) is 0.308. The first-order valence-electron chi connectivity index (χ1n) is 5.90. The summed E-state index contributed by atoms with van der Waals surface area (Å²) in [6.45, 7) is 1.97. The van der Waals surface area contributed by atoms with Crippen molar-refractivity contribution >= 4 is 33.5 Å². The van der Waals surface area contributed by atoms with Gasteiger partial charge in [0.05, 0.1) is 12.3 Å². The van der Waals surface area contributed by atoms with Gasteiger partial charge in [0.2, 0.25) is 0 Å². The Bertz CT molecular complexity index is 525. The number of hydrogen-bond donors (Lipinski definition) is 1. The molecule has 0 fully saturated rings. The molecule has 2 rings (SSSR count). The van der Waals surface area contributed by atoms with Gasteiger partial charge in [-0.1, -0.05) is 28.1 Å². The van der Waals surface area contributed by atoms with Crippen LogP contribution in [0.4, 0.5) is 0 Å². The van der Waals surface area contributed by atoms with E-state index in [0.717, 1.165) is 10.0 Å². The van der Waals surface area contributed by atoms with Crippen molar-refractivity contribution in [2.24, 2.45) is 11.0 Å². The molecule has 1 aromatic rings. The zero-order valence-corrected chi connectivity index (χ0v) is 11.9. The predicted molar refractivity (Wildman–Crippen MR) is 73.6 cm³/mol. The first-order chi connectivity index (χ1) is 9.11. The summed E-state index contributed by atoms with van der Waals surface area (Å²) in [5, 5.41) is 4.00. The van der Waals surface area contributed by atoms with Gasteiger partial charge in [0, 0.05) is 10.9 Å². The number of rotatable bonds is 3. The number of nitrogens with zero attached hydrogens (tertiary/aromatic N) is 1. The van der Waals surface area contributed by atoms with E-state index in [4.69, 9.17) is 4.74 Å². The molecule has 6 heteroatoms. The molecule has 100 valence electrons. The van der Waals surface area contributed by atoms with Crippen LogP contribution in [0.25, 0.3) is 0 Å². The number of halogens is 1. The van der Waals surface area contributed by atoms with Gasteiger partial charge in [0.1, 0.15) is 5.92 Å². The third-order valence-corrected chi connectivity index (χ3v) is 3.29. The number of hydrogen-bond acceptors (Lipinski definition) is 4. The minimum atomic E-state index is -0.823. The van der Waals surface area contributed by atoms with E-state index in [-0.39, 0.29) is 13.0 Å². The molecule has 1 unspecified atom stereocenters. The van der Waals surface area contributed by atoms with Gasteiger partial charge in [-0.2, -0.15) is 5.10 Å². The topological polar surface area (TPSA) is 67.8 Å². The van der Waals surface area contributed by atoms with Crippen LogP contribution in [-0.2, 0) is 14.3 Å². The minimum absolute atomic E-state index is 0.256. The van der Waals surface area contributed by atoms with Crippen molar-refractivity contribution in [3.8, 4) is 0 Å². The number of hydrazone groups is 1. The van der Waals surface area contributed by atoms with Gasteiger partial charge in [-0.25, -0.2) is 5.43 Å². The second-order valence-corrected chi connectivity index (χ2v) is 4.97. The average molecular weight is 325 g/mol. The summed E-state index contributed by atoms with van der Waals surface area (Å²) in [4.78, 5) is 23.3. The summed E-state index contributed by atoms with van der Waals surface area (Å²) < 4.78 is 5.85. The van der Waals surface area contributed by atoms with Crippen molar-refractivity contribution in [1.82, 2.24) is 5.43 Å². The van der Waals surface area contributed by atoms with Gasteiger partial charge in [-0.05, 0) is 24.6 Å². The number of carbonyl (C=O) groups excluding carboxylic acids is 2. The van der Waals surface area contributed by atoms with E-state index in [1.807, 2.05) is 24.3 Å². The average Bonchev–Trinajstić information content (AvgIpc) is 2.40. The Morgan fingerprint density at radius 1 is 1.47 bits per heavy atom. The van der Waals surface area contributed by atoms with Gasteiger partial charge in [-0.15, -0.1) is 0 Å². The molecule has 0 spiro atoms. The van der Waals surface area contributed by atoms with Crippen LogP contribution in [0, 0.1) is 5.92 Å². The molecule has 1 N–H and O–H groups in total. The van der Waals surface area contributed by atoms with Crippen LogP contribution in [0.5, 0.6) is 0 Å². The van der Waals surface area contributed by atoms with E-state index in [1.165, 1.54) is 0 Å². The molecular weight excluding hydrogens is 312 g/mol. The maximum Gasteiger partial charge on any atom is 0.318 e. The summed E-state index contributed by atoms with van der Waals surface area (Å²) in [6, 6.07) is 7.52. The van der Waals surface area contributed by atoms with Crippen LogP contribution in [-0.4, -0.2) is 24.2 Å². The lowest BCUT2D eigenvalue weighted by Gasteiger charge is -2.20. The van der Waals surface area contributed by atoms with Crippen molar-refractivity contribution < 1.29 is 14.3 Å². The van der Waals surface area contributed by atoms with Gasteiger partial charge in [0.25, 0.3) is 5.91 Å². The molecule has 0 saturated carbocycles. The highest BCUT2D eigenvalue weighted by Crippen LogP contribution is 2.18. The molecule has 1 aliphatic heterocycles. The normalized spacial score (nSPS) is 18.5. The van der Waals surface area contributed by atoms with E-state index in [9.17, 15) is 9.59 Å². The molecule has 0 aromatic heterocycles. The Labute approximate surface area is 119 Å². The molecular formula is C13H13BrN2O3. The van der Waals surface area contributed by atoms with Crippen molar-refractivity contribution in [3.05, 3.63) is 34.3 Å². The van der Waals surface area contributed by atoms with E-state index >= 15 is 0 Å². The van der Waals surface area contributed by atoms with Gasteiger partial charge in [-0.3, -0.25) is 9.59 Å². The summed E-state index contributed by atoms with van der Waals surface area (Å²) in [5.74, 6) is -1.75. The zero-order chi connectivity index (χ0) is 13.8. The van der Waals surface area contributed by atoms with Crippen LogP contribution < -0.4 is 5.43 Å². The number of benzene rings is 1. The fourth-order valence-electron chi connectivity index (χ4n) is 1.79. The van der Waals surface area contributed by atoms with E-state index in [2.05, 4.69) is 26.5 Å². The maximum atomic E-state index is 11.7. The number of nitrogens with one attached hydrogen (secondary N) is 1. The molecule has 0 aliphatic carbocycles. The third kappa shape index (κ3) is 3.20. The van der Waals surface area contributed by atoms with E-state index < -0.39 is 17.8 Å². The van der Waals surface area contributed by atoms with Crippen molar-refractivity contribution in [1.29, 1.82) is 0 Å². The molecule has 1 aromatic carbocycles. The third-order valence-electron chi connectivity index (χ3n) is 2.76.